The van der Waals surface area contributed by atoms with E-state index in [1.54, 1.807) is 0 Å². The summed E-state index contributed by atoms with van der Waals surface area (Å²) in [5, 5.41) is 3.54. The monoisotopic (exact) mass is 632 g/mol. The number of piperidine rings is 1. The average Bonchev–Trinajstić information content (AvgIpc) is 3.36. The number of hydrogen-bond donors (Lipinski definition) is 1. The molecule has 1 amide bonds. The summed E-state index contributed by atoms with van der Waals surface area (Å²) in [6.45, 7) is 4.26. The van der Waals surface area contributed by atoms with Crippen LogP contribution in [0.15, 0.2) is 72.8 Å². The van der Waals surface area contributed by atoms with Crippen LogP contribution in [0.25, 0.3) is 11.0 Å². The van der Waals surface area contributed by atoms with Crippen LogP contribution in [-0.4, -0.2) is 52.2 Å². The van der Waals surface area contributed by atoms with Crippen LogP contribution in [0.3, 0.4) is 0 Å². The van der Waals surface area contributed by atoms with Crippen molar-refractivity contribution in [3.05, 3.63) is 101 Å². The third kappa shape index (κ3) is 7.85. The fraction of sp³-hybridized carbons (Fsp3) is 0.394. The van der Waals surface area contributed by atoms with Gasteiger partial charge in [0, 0.05) is 37.3 Å². The van der Waals surface area contributed by atoms with Crippen molar-refractivity contribution in [1.82, 2.24) is 19.8 Å². The Balaban J connectivity index is 1.38. The number of hydrogen-bond acceptors (Lipinski definition) is 4. The minimum atomic E-state index is -5.05. The number of para-hydroxylation sites is 2. The SMILES string of the molecule is CCOCCn1c(CN[C@@H]2CCN(C(=O)c3cc(C(F)(F)F)cc(C(F)(F)F)c3)[C@@H](Cc3ccccc3)C2)nc2ccccc21. The molecule has 2 atom stereocenters. The van der Waals surface area contributed by atoms with Crippen molar-refractivity contribution in [3.63, 3.8) is 0 Å². The highest BCUT2D eigenvalue weighted by Gasteiger charge is 2.39. The zero-order chi connectivity index (χ0) is 32.2. The lowest BCUT2D eigenvalue weighted by Crippen LogP contribution is -2.51. The summed E-state index contributed by atoms with van der Waals surface area (Å²) in [4.78, 5) is 19.9. The minimum Gasteiger partial charge on any atom is -0.380 e. The quantitative estimate of drug-likeness (QED) is 0.150. The van der Waals surface area contributed by atoms with Gasteiger partial charge in [-0.1, -0.05) is 42.5 Å². The highest BCUT2D eigenvalue weighted by Crippen LogP contribution is 2.37. The third-order valence-corrected chi connectivity index (χ3v) is 8.07. The Hall–Kier alpha value is -3.90. The fourth-order valence-electron chi connectivity index (χ4n) is 5.87. The molecule has 0 bridgehead atoms. The molecule has 1 N–H and O–H groups in total. The number of carbonyl (C=O) groups is 1. The van der Waals surface area contributed by atoms with Crippen LogP contribution < -0.4 is 5.32 Å². The summed E-state index contributed by atoms with van der Waals surface area (Å²) in [5.41, 5.74) is -0.917. The van der Waals surface area contributed by atoms with Gasteiger partial charge in [-0.2, -0.15) is 26.3 Å². The average molecular weight is 633 g/mol. The molecule has 4 aromatic rings. The smallest absolute Gasteiger partial charge is 0.380 e. The first-order valence-corrected chi connectivity index (χ1v) is 14.8. The number of carbonyl (C=O) groups excluding carboxylic acids is 1. The molecule has 2 heterocycles. The van der Waals surface area contributed by atoms with E-state index in [2.05, 4.69) is 9.88 Å². The number of imidazole rings is 1. The van der Waals surface area contributed by atoms with Crippen molar-refractivity contribution >= 4 is 16.9 Å². The maximum Gasteiger partial charge on any atom is 0.416 e. The van der Waals surface area contributed by atoms with Gasteiger partial charge in [0.1, 0.15) is 5.82 Å². The van der Waals surface area contributed by atoms with Gasteiger partial charge in [0.25, 0.3) is 5.91 Å². The maximum atomic E-state index is 13.7. The predicted molar refractivity (Wildman–Crippen MR) is 158 cm³/mol. The van der Waals surface area contributed by atoms with E-state index in [4.69, 9.17) is 9.72 Å². The summed E-state index contributed by atoms with van der Waals surface area (Å²) in [5.74, 6) is -0.0404. The van der Waals surface area contributed by atoms with Crippen molar-refractivity contribution in [2.24, 2.45) is 0 Å². The highest BCUT2D eigenvalue weighted by molar-refractivity contribution is 5.95. The molecule has 1 saturated heterocycles. The van der Waals surface area contributed by atoms with Crippen LogP contribution in [0.4, 0.5) is 26.3 Å². The molecule has 1 aliphatic rings. The summed E-state index contributed by atoms with van der Waals surface area (Å²) >= 11 is 0. The van der Waals surface area contributed by atoms with Crippen molar-refractivity contribution in [2.75, 3.05) is 19.8 Å². The number of fused-ring (bicyclic) bond motifs is 1. The molecule has 0 radical (unpaired) electrons. The van der Waals surface area contributed by atoms with Crippen molar-refractivity contribution in [1.29, 1.82) is 0 Å². The normalized spacial score (nSPS) is 17.6. The number of amides is 1. The molecule has 0 aliphatic carbocycles. The molecule has 1 aromatic heterocycles. The second-order valence-corrected chi connectivity index (χ2v) is 11.1. The Kier molecular flexibility index (Phi) is 9.83. The van der Waals surface area contributed by atoms with Gasteiger partial charge in [-0.05, 0) is 62.1 Å². The van der Waals surface area contributed by atoms with E-state index >= 15 is 0 Å². The van der Waals surface area contributed by atoms with Gasteiger partial charge < -0.3 is 19.5 Å². The topological polar surface area (TPSA) is 59.4 Å². The van der Waals surface area contributed by atoms with E-state index in [0.29, 0.717) is 57.7 Å². The number of nitrogens with one attached hydrogen (secondary N) is 1. The lowest BCUT2D eigenvalue weighted by Gasteiger charge is -2.40. The van der Waals surface area contributed by atoms with Gasteiger partial charge in [0.15, 0.2) is 0 Å². The van der Waals surface area contributed by atoms with E-state index in [1.807, 2.05) is 61.5 Å². The van der Waals surface area contributed by atoms with Crippen molar-refractivity contribution in [2.45, 2.75) is 63.7 Å². The first kappa shape index (κ1) is 32.5. The zero-order valence-electron chi connectivity index (χ0n) is 24.7. The fourth-order valence-corrected chi connectivity index (χ4v) is 5.87. The number of aromatic nitrogens is 2. The molecule has 1 fully saturated rings. The molecule has 0 saturated carbocycles. The van der Waals surface area contributed by atoms with Gasteiger partial charge >= 0.3 is 12.4 Å². The predicted octanol–water partition coefficient (Wildman–Crippen LogP) is 7.12. The maximum absolute atomic E-state index is 13.7. The molecule has 1 aliphatic heterocycles. The molecular formula is C33H34F6N4O2. The van der Waals surface area contributed by atoms with Crippen molar-refractivity contribution < 1.29 is 35.9 Å². The number of rotatable bonds is 10. The standard InChI is InChI=1S/C33H34F6N4O2/c1-2-45-15-14-43-29-11-7-6-10-28(29)41-30(43)21-40-26-12-13-42(27(20-26)16-22-8-4-3-5-9-22)31(44)23-17-24(32(34,35)36)19-25(18-23)33(37,38)39/h3-11,17-19,26-27,40H,2,12-16,20-21H2,1H3/t26-,27+/m1/s1. The van der Waals surface area contributed by atoms with E-state index < -0.39 is 41.0 Å². The first-order valence-electron chi connectivity index (χ1n) is 14.8. The molecule has 45 heavy (non-hydrogen) atoms. The van der Waals surface area contributed by atoms with Gasteiger partial charge in [0.05, 0.1) is 35.3 Å². The zero-order valence-corrected chi connectivity index (χ0v) is 24.7. The van der Waals surface area contributed by atoms with E-state index in [0.717, 1.165) is 22.4 Å². The van der Waals surface area contributed by atoms with Crippen molar-refractivity contribution in [3.8, 4) is 0 Å². The summed E-state index contributed by atoms with van der Waals surface area (Å²) in [7, 11) is 0. The second kappa shape index (κ2) is 13.6. The van der Waals surface area contributed by atoms with Crippen LogP contribution in [0.1, 0.15) is 52.6 Å². The third-order valence-electron chi connectivity index (χ3n) is 8.07. The Morgan fingerprint density at radius 2 is 1.62 bits per heavy atom. The highest BCUT2D eigenvalue weighted by atomic mass is 19.4. The lowest BCUT2D eigenvalue weighted by atomic mass is 9.91. The molecule has 240 valence electrons. The van der Waals surface area contributed by atoms with E-state index in [9.17, 15) is 31.1 Å². The van der Waals surface area contributed by atoms with Crippen LogP contribution in [-0.2, 0) is 36.6 Å². The first-order chi connectivity index (χ1) is 21.4. The number of nitrogens with zero attached hydrogens (tertiary/aromatic N) is 3. The number of alkyl halides is 6. The summed E-state index contributed by atoms with van der Waals surface area (Å²) in [6, 6.07) is 17.6. The van der Waals surface area contributed by atoms with Gasteiger partial charge in [-0.3, -0.25) is 4.79 Å². The molecule has 6 nitrogen and oxygen atoms in total. The van der Waals surface area contributed by atoms with Gasteiger partial charge in [-0.25, -0.2) is 4.98 Å². The second-order valence-electron chi connectivity index (χ2n) is 11.1. The molecule has 5 rings (SSSR count). The number of benzene rings is 3. The van der Waals surface area contributed by atoms with Gasteiger partial charge in [0.2, 0.25) is 0 Å². The summed E-state index contributed by atoms with van der Waals surface area (Å²) < 4.78 is 89.0. The van der Waals surface area contributed by atoms with Crippen LogP contribution >= 0.6 is 0 Å². The Labute approximate surface area is 257 Å². The van der Waals surface area contributed by atoms with Gasteiger partial charge in [-0.15, -0.1) is 0 Å². The summed E-state index contributed by atoms with van der Waals surface area (Å²) in [6.07, 6.45) is -8.79. The van der Waals surface area contributed by atoms with Crippen LogP contribution in [0.5, 0.6) is 0 Å². The molecule has 3 aromatic carbocycles. The molecule has 12 heteroatoms. The largest absolute Gasteiger partial charge is 0.416 e. The number of likely N-dealkylation sites (tertiary alicyclic amines) is 1. The Morgan fingerprint density at radius 1 is 0.956 bits per heavy atom. The van der Waals surface area contributed by atoms with E-state index in [-0.39, 0.29) is 18.7 Å². The Bertz CT molecular complexity index is 1570. The molecular weight excluding hydrogens is 598 g/mol. The lowest BCUT2D eigenvalue weighted by molar-refractivity contribution is -0.143. The van der Waals surface area contributed by atoms with E-state index in [1.165, 1.54) is 4.90 Å². The number of ether oxygens (including phenoxy) is 1. The van der Waals surface area contributed by atoms with Crippen LogP contribution in [0, 0.1) is 0 Å². The Morgan fingerprint density at radius 3 is 2.29 bits per heavy atom. The number of halogens is 6. The molecule has 0 spiro atoms. The van der Waals surface area contributed by atoms with Crippen LogP contribution in [0.2, 0.25) is 0 Å². The minimum absolute atomic E-state index is 0.0378. The molecule has 0 unspecified atom stereocenters.